The van der Waals surface area contributed by atoms with Crippen LogP contribution >= 0.6 is 0 Å². The highest BCUT2D eigenvalue weighted by molar-refractivity contribution is 5.95. The van der Waals surface area contributed by atoms with Crippen molar-refractivity contribution in [1.82, 2.24) is 5.32 Å². The van der Waals surface area contributed by atoms with E-state index >= 15 is 0 Å². The molecular weight excluding hydrogens is 273 g/mol. The second-order valence-corrected chi connectivity index (χ2v) is 3.83. The summed E-state index contributed by atoms with van der Waals surface area (Å²) in [7, 11) is 0. The summed E-state index contributed by atoms with van der Waals surface area (Å²) in [4.78, 5) is 22.1. The standard InChI is InChI=1S/C13H13F3N2O2/c1-2-5-11(19)17-8-9-6-3-4-7-10(9)18-12(20)13(14,15)16/h2-7H,8H2,1H3,(H,17,19)(H,18,20)/b5-2+. The van der Waals surface area contributed by atoms with Crippen LogP contribution in [-0.2, 0) is 16.1 Å². The van der Waals surface area contributed by atoms with Crippen LogP contribution in [0.4, 0.5) is 18.9 Å². The second-order valence-electron chi connectivity index (χ2n) is 3.83. The van der Waals surface area contributed by atoms with E-state index in [9.17, 15) is 22.8 Å². The van der Waals surface area contributed by atoms with Crippen molar-refractivity contribution in [2.75, 3.05) is 5.32 Å². The van der Waals surface area contributed by atoms with Gasteiger partial charge in [-0.05, 0) is 24.6 Å². The number of halogens is 3. The third-order valence-electron chi connectivity index (χ3n) is 2.29. The molecule has 0 unspecified atom stereocenters. The predicted octanol–water partition coefficient (Wildman–Crippen LogP) is 2.38. The highest BCUT2D eigenvalue weighted by Crippen LogP contribution is 2.20. The van der Waals surface area contributed by atoms with Crippen molar-refractivity contribution >= 4 is 17.5 Å². The number of anilines is 1. The monoisotopic (exact) mass is 286 g/mol. The third-order valence-corrected chi connectivity index (χ3v) is 2.29. The minimum absolute atomic E-state index is 0.00982. The van der Waals surface area contributed by atoms with Crippen molar-refractivity contribution in [1.29, 1.82) is 0 Å². The number of amides is 2. The summed E-state index contributed by atoms with van der Waals surface area (Å²) in [5.41, 5.74) is 0.388. The van der Waals surface area contributed by atoms with Crippen molar-refractivity contribution in [3.63, 3.8) is 0 Å². The molecule has 2 amide bonds. The van der Waals surface area contributed by atoms with Gasteiger partial charge in [0.05, 0.1) is 0 Å². The van der Waals surface area contributed by atoms with Gasteiger partial charge in [-0.1, -0.05) is 24.3 Å². The minimum atomic E-state index is -4.96. The van der Waals surface area contributed by atoms with E-state index in [1.54, 1.807) is 18.3 Å². The van der Waals surface area contributed by atoms with Crippen LogP contribution in [0.15, 0.2) is 36.4 Å². The molecule has 0 radical (unpaired) electrons. The lowest BCUT2D eigenvalue weighted by Crippen LogP contribution is -2.30. The fourth-order valence-electron chi connectivity index (χ4n) is 1.38. The maximum absolute atomic E-state index is 12.2. The molecule has 0 aliphatic rings. The summed E-state index contributed by atoms with van der Waals surface area (Å²) < 4.78 is 36.6. The molecule has 0 atom stereocenters. The molecule has 0 aromatic heterocycles. The third kappa shape index (κ3) is 4.75. The average Bonchev–Trinajstić information content (AvgIpc) is 2.37. The number of rotatable bonds is 4. The molecular formula is C13H13F3N2O2. The Morgan fingerprint density at radius 2 is 1.90 bits per heavy atom. The van der Waals surface area contributed by atoms with Gasteiger partial charge in [0.25, 0.3) is 0 Å². The van der Waals surface area contributed by atoms with E-state index in [1.807, 2.05) is 0 Å². The molecule has 0 aliphatic heterocycles. The van der Waals surface area contributed by atoms with Crippen LogP contribution in [-0.4, -0.2) is 18.0 Å². The SMILES string of the molecule is C/C=C/C(=O)NCc1ccccc1NC(=O)C(F)(F)F. The molecule has 7 heteroatoms. The molecule has 2 N–H and O–H groups in total. The molecule has 108 valence electrons. The van der Waals surface area contributed by atoms with Gasteiger partial charge < -0.3 is 10.6 Å². The maximum Gasteiger partial charge on any atom is 0.471 e. The maximum atomic E-state index is 12.2. The zero-order valence-corrected chi connectivity index (χ0v) is 10.6. The van der Waals surface area contributed by atoms with E-state index < -0.39 is 12.1 Å². The van der Waals surface area contributed by atoms with E-state index in [-0.39, 0.29) is 18.1 Å². The summed E-state index contributed by atoms with van der Waals surface area (Å²) >= 11 is 0. The number of hydrogen-bond acceptors (Lipinski definition) is 2. The van der Waals surface area contributed by atoms with E-state index in [1.165, 1.54) is 30.4 Å². The Balaban J connectivity index is 2.78. The lowest BCUT2D eigenvalue weighted by Gasteiger charge is -2.12. The number of carbonyl (C=O) groups is 2. The van der Waals surface area contributed by atoms with Gasteiger partial charge in [-0.25, -0.2) is 0 Å². The summed E-state index contributed by atoms with van der Waals surface area (Å²) in [6.45, 7) is 1.68. The smallest absolute Gasteiger partial charge is 0.348 e. The Labute approximate surface area is 113 Å². The summed E-state index contributed by atoms with van der Waals surface area (Å²) in [6, 6.07) is 5.94. The number of benzene rings is 1. The summed E-state index contributed by atoms with van der Waals surface area (Å²) in [5.74, 6) is -2.42. The molecule has 0 saturated heterocycles. The highest BCUT2D eigenvalue weighted by Gasteiger charge is 2.38. The Morgan fingerprint density at radius 3 is 2.50 bits per heavy atom. The fraction of sp³-hybridized carbons (Fsp3) is 0.231. The van der Waals surface area contributed by atoms with E-state index in [0.29, 0.717) is 5.56 Å². The van der Waals surface area contributed by atoms with Crippen LogP contribution in [0, 0.1) is 0 Å². The van der Waals surface area contributed by atoms with E-state index in [2.05, 4.69) is 5.32 Å². The van der Waals surface area contributed by atoms with Crippen LogP contribution in [0.3, 0.4) is 0 Å². The normalized spacial score (nSPS) is 11.4. The zero-order chi connectivity index (χ0) is 15.2. The van der Waals surface area contributed by atoms with Crippen molar-refractivity contribution < 1.29 is 22.8 Å². The van der Waals surface area contributed by atoms with Crippen molar-refractivity contribution in [2.45, 2.75) is 19.6 Å². The molecule has 0 bridgehead atoms. The molecule has 1 aromatic carbocycles. The van der Waals surface area contributed by atoms with Gasteiger partial charge >= 0.3 is 12.1 Å². The van der Waals surface area contributed by atoms with Gasteiger partial charge in [-0.2, -0.15) is 13.2 Å². The van der Waals surface area contributed by atoms with Gasteiger partial charge in [-0.3, -0.25) is 9.59 Å². The number of para-hydroxylation sites is 1. The molecule has 1 aromatic rings. The van der Waals surface area contributed by atoms with Crippen LogP contribution < -0.4 is 10.6 Å². The van der Waals surface area contributed by atoms with Crippen LogP contribution in [0.1, 0.15) is 12.5 Å². The molecule has 0 spiro atoms. The average molecular weight is 286 g/mol. The number of alkyl halides is 3. The number of nitrogens with one attached hydrogen (secondary N) is 2. The molecule has 1 rings (SSSR count). The summed E-state index contributed by atoms with van der Waals surface area (Å²) in [6.07, 6.45) is -2.13. The van der Waals surface area contributed by atoms with Crippen molar-refractivity contribution in [2.24, 2.45) is 0 Å². The Morgan fingerprint density at radius 1 is 1.25 bits per heavy atom. The molecule has 0 fully saturated rings. The van der Waals surface area contributed by atoms with Crippen LogP contribution in [0.2, 0.25) is 0 Å². The lowest BCUT2D eigenvalue weighted by molar-refractivity contribution is -0.167. The van der Waals surface area contributed by atoms with E-state index in [0.717, 1.165) is 0 Å². The van der Waals surface area contributed by atoms with Gasteiger partial charge in [0.15, 0.2) is 0 Å². The first-order chi connectivity index (χ1) is 9.34. The lowest BCUT2D eigenvalue weighted by atomic mass is 10.1. The first-order valence-corrected chi connectivity index (χ1v) is 5.71. The first-order valence-electron chi connectivity index (χ1n) is 5.71. The largest absolute Gasteiger partial charge is 0.471 e. The van der Waals surface area contributed by atoms with Crippen LogP contribution in [0.25, 0.3) is 0 Å². The Bertz CT molecular complexity index is 525. The molecule has 0 saturated carbocycles. The van der Waals surface area contributed by atoms with Gasteiger partial charge in [0.2, 0.25) is 5.91 Å². The molecule has 0 aliphatic carbocycles. The van der Waals surface area contributed by atoms with Crippen LogP contribution in [0.5, 0.6) is 0 Å². The molecule has 0 heterocycles. The quantitative estimate of drug-likeness (QED) is 0.835. The van der Waals surface area contributed by atoms with Gasteiger partial charge in [-0.15, -0.1) is 0 Å². The predicted molar refractivity (Wildman–Crippen MR) is 67.8 cm³/mol. The van der Waals surface area contributed by atoms with Crippen molar-refractivity contribution in [3.05, 3.63) is 42.0 Å². The topological polar surface area (TPSA) is 58.2 Å². The number of carbonyl (C=O) groups excluding carboxylic acids is 2. The van der Waals surface area contributed by atoms with E-state index in [4.69, 9.17) is 0 Å². The number of hydrogen-bond donors (Lipinski definition) is 2. The fourth-order valence-corrected chi connectivity index (χ4v) is 1.38. The molecule has 20 heavy (non-hydrogen) atoms. The van der Waals surface area contributed by atoms with Gasteiger partial charge in [0, 0.05) is 12.2 Å². The van der Waals surface area contributed by atoms with Gasteiger partial charge in [0.1, 0.15) is 0 Å². The second kappa shape index (κ2) is 6.74. The first kappa shape index (κ1) is 15.7. The zero-order valence-electron chi connectivity index (χ0n) is 10.6. The minimum Gasteiger partial charge on any atom is -0.348 e. The molecule has 4 nitrogen and oxygen atoms in total. The highest BCUT2D eigenvalue weighted by atomic mass is 19.4. The Kier molecular flexibility index (Phi) is 5.31. The van der Waals surface area contributed by atoms with Crippen molar-refractivity contribution in [3.8, 4) is 0 Å². The summed E-state index contributed by atoms with van der Waals surface area (Å²) in [5, 5.41) is 4.27. The Hall–Kier alpha value is -2.31. The number of allylic oxidation sites excluding steroid dienone is 1.